The number of rotatable bonds is 3. The van der Waals surface area contributed by atoms with E-state index in [1.807, 2.05) is 0 Å². The van der Waals surface area contributed by atoms with Gasteiger partial charge in [-0.05, 0) is 24.8 Å². The third-order valence-corrected chi connectivity index (χ3v) is 6.31. The van der Waals surface area contributed by atoms with Crippen LogP contribution in [0.1, 0.15) is 44.2 Å². The van der Waals surface area contributed by atoms with Crippen LogP contribution in [0.15, 0.2) is 30.3 Å². The number of amides is 4. The highest BCUT2D eigenvalue weighted by atomic mass is 16.5. The first-order valence-corrected chi connectivity index (χ1v) is 12.0. The Morgan fingerprint density at radius 3 is 2.42 bits per heavy atom. The Labute approximate surface area is 208 Å². The maximum Gasteiger partial charge on any atom is 0.328 e. The molecule has 5 atom stereocenters. The molecule has 3 rings (SSSR count). The highest BCUT2D eigenvalue weighted by molar-refractivity contribution is 5.94. The summed E-state index contributed by atoms with van der Waals surface area (Å²) >= 11 is 0. The summed E-state index contributed by atoms with van der Waals surface area (Å²) < 4.78 is 5.20. The number of nitrogens with one attached hydrogen (secondary N) is 3. The first kappa shape index (κ1) is 27.1. The van der Waals surface area contributed by atoms with Gasteiger partial charge in [0, 0.05) is 6.54 Å². The van der Waals surface area contributed by atoms with Crippen LogP contribution < -0.4 is 21.7 Å². The topological polar surface area (TPSA) is 180 Å². The molecule has 2 fully saturated rings. The Hall–Kier alpha value is -3.51. The van der Waals surface area contributed by atoms with Crippen molar-refractivity contribution < 1.29 is 33.8 Å². The maximum atomic E-state index is 13.2. The summed E-state index contributed by atoms with van der Waals surface area (Å²) in [5, 5.41) is 17.7. The summed E-state index contributed by atoms with van der Waals surface area (Å²) in [6.45, 7) is 0.848. The zero-order chi connectivity index (χ0) is 26.2. The van der Waals surface area contributed by atoms with Crippen molar-refractivity contribution in [1.29, 1.82) is 0 Å². The molecule has 2 saturated heterocycles. The normalized spacial score (nSPS) is 28.9. The maximum absolute atomic E-state index is 13.2. The van der Waals surface area contributed by atoms with Crippen molar-refractivity contribution in [1.82, 2.24) is 20.9 Å². The molecule has 0 spiro atoms. The van der Waals surface area contributed by atoms with Gasteiger partial charge in [-0.2, -0.15) is 0 Å². The Morgan fingerprint density at radius 2 is 1.75 bits per heavy atom. The highest BCUT2D eigenvalue weighted by Crippen LogP contribution is 2.20. The largest absolute Gasteiger partial charge is 0.462 e. The van der Waals surface area contributed by atoms with Crippen molar-refractivity contribution in [2.75, 3.05) is 19.8 Å². The number of fused-ring (bicyclic) bond motifs is 1. The number of nitrogens with zero attached hydrogens (tertiary/aromatic N) is 1. The molecule has 6 N–H and O–H groups in total. The number of hydrogen-bond acceptors (Lipinski definition) is 8. The third-order valence-electron chi connectivity index (χ3n) is 6.31. The van der Waals surface area contributed by atoms with Crippen LogP contribution in [0, 0.1) is 0 Å². The van der Waals surface area contributed by atoms with Gasteiger partial charge in [0.05, 0.1) is 19.1 Å². The number of carbonyl (C=O) groups excluding carboxylic acids is 5. The van der Waals surface area contributed by atoms with Crippen molar-refractivity contribution in [2.24, 2.45) is 5.73 Å². The van der Waals surface area contributed by atoms with Crippen LogP contribution in [0.5, 0.6) is 0 Å². The molecular weight excluding hydrogens is 470 g/mol. The summed E-state index contributed by atoms with van der Waals surface area (Å²) in [4.78, 5) is 65.6. The van der Waals surface area contributed by atoms with Crippen LogP contribution in [0.25, 0.3) is 0 Å². The van der Waals surface area contributed by atoms with Crippen LogP contribution in [-0.2, 0) is 28.7 Å². The zero-order valence-corrected chi connectivity index (χ0v) is 20.1. The van der Waals surface area contributed by atoms with E-state index in [4.69, 9.17) is 10.5 Å². The van der Waals surface area contributed by atoms with E-state index < -0.39 is 73.0 Å². The average Bonchev–Trinajstić information content (AvgIpc) is 3.38. The number of ether oxygens (including phenoxy) is 1. The van der Waals surface area contributed by atoms with Crippen molar-refractivity contribution in [3.8, 4) is 0 Å². The molecule has 0 radical (unpaired) electrons. The molecule has 36 heavy (non-hydrogen) atoms. The van der Waals surface area contributed by atoms with E-state index in [9.17, 15) is 29.1 Å². The first-order chi connectivity index (χ1) is 17.2. The summed E-state index contributed by atoms with van der Waals surface area (Å²) in [6.07, 6.45) is 0.897. The molecule has 2 aliphatic heterocycles. The molecule has 0 unspecified atom stereocenters. The van der Waals surface area contributed by atoms with Crippen LogP contribution in [0.2, 0.25) is 0 Å². The van der Waals surface area contributed by atoms with Gasteiger partial charge in [-0.1, -0.05) is 37.3 Å². The van der Waals surface area contributed by atoms with Gasteiger partial charge < -0.3 is 36.4 Å². The number of nitrogens with two attached hydrogens (primary N) is 1. The number of hydrogen-bond donors (Lipinski definition) is 5. The number of carbonyl (C=O) groups is 5. The number of cyclic esters (lactones) is 1. The van der Waals surface area contributed by atoms with Crippen molar-refractivity contribution in [3.05, 3.63) is 35.9 Å². The smallest absolute Gasteiger partial charge is 0.328 e. The Kier molecular flexibility index (Phi) is 9.37. The SMILES string of the molecule is CC[C@@H]1NC(=O)[C@@H]2CCCN2C(=O)[C@H](CO)NC(=O)C[C@H](c2ccccc2)NC(=O)[C@@H](N)COC1=O. The minimum Gasteiger partial charge on any atom is -0.462 e. The average molecular weight is 504 g/mol. The van der Waals surface area contributed by atoms with Gasteiger partial charge in [-0.3, -0.25) is 19.2 Å². The molecule has 0 aliphatic carbocycles. The van der Waals surface area contributed by atoms with E-state index >= 15 is 0 Å². The monoisotopic (exact) mass is 503 g/mol. The van der Waals surface area contributed by atoms with Crippen LogP contribution in [0.4, 0.5) is 0 Å². The molecule has 12 heteroatoms. The molecule has 1 aromatic rings. The van der Waals surface area contributed by atoms with E-state index in [2.05, 4.69) is 16.0 Å². The molecular formula is C24H33N5O7. The van der Waals surface area contributed by atoms with Crippen molar-refractivity contribution in [3.63, 3.8) is 0 Å². The second kappa shape index (κ2) is 12.5. The second-order valence-corrected chi connectivity index (χ2v) is 8.87. The molecule has 0 saturated carbocycles. The molecule has 2 heterocycles. The van der Waals surface area contributed by atoms with Crippen LogP contribution in [-0.4, -0.2) is 83.5 Å². The van der Waals surface area contributed by atoms with E-state index in [-0.39, 0.29) is 19.4 Å². The fourth-order valence-corrected chi connectivity index (χ4v) is 4.29. The molecule has 0 aromatic heterocycles. The fourth-order valence-electron chi connectivity index (χ4n) is 4.29. The Bertz CT molecular complexity index is 973. The first-order valence-electron chi connectivity index (χ1n) is 12.0. The third kappa shape index (κ3) is 6.58. The second-order valence-electron chi connectivity index (χ2n) is 8.87. The fraction of sp³-hybridized carbons (Fsp3) is 0.542. The molecule has 0 bridgehead atoms. The lowest BCUT2D eigenvalue weighted by atomic mass is 10.0. The number of aliphatic hydroxyl groups excluding tert-OH is 1. The van der Waals surface area contributed by atoms with Crippen LogP contribution in [0.3, 0.4) is 0 Å². The minimum atomic E-state index is -1.28. The van der Waals surface area contributed by atoms with E-state index in [1.165, 1.54) is 4.90 Å². The summed E-state index contributed by atoms with van der Waals surface area (Å²) in [7, 11) is 0. The van der Waals surface area contributed by atoms with E-state index in [0.29, 0.717) is 18.4 Å². The lowest BCUT2D eigenvalue weighted by Gasteiger charge is -2.29. The molecule has 4 amide bonds. The molecule has 196 valence electrons. The number of benzene rings is 1. The van der Waals surface area contributed by atoms with E-state index in [0.717, 1.165) is 0 Å². The minimum absolute atomic E-state index is 0.220. The van der Waals surface area contributed by atoms with Gasteiger partial charge >= 0.3 is 5.97 Å². The van der Waals surface area contributed by atoms with Crippen molar-refractivity contribution >= 4 is 29.6 Å². The van der Waals surface area contributed by atoms with Crippen molar-refractivity contribution in [2.45, 2.75) is 62.8 Å². The lowest BCUT2D eigenvalue weighted by molar-refractivity contribution is -0.150. The summed E-state index contributed by atoms with van der Waals surface area (Å²) in [5.41, 5.74) is 6.55. The Balaban J connectivity index is 1.90. The Morgan fingerprint density at radius 1 is 1.03 bits per heavy atom. The quantitative estimate of drug-likeness (QED) is 0.308. The van der Waals surface area contributed by atoms with Crippen LogP contribution >= 0.6 is 0 Å². The standard InChI is InChI=1S/C24H33N5O7/c1-2-16-24(35)36-13-15(25)21(32)28-17(14-7-4-3-5-8-14)11-20(31)26-18(12-30)23(34)29-10-6-9-19(29)22(33)27-16/h3-5,7-8,15-19,30H,2,6,9-13,25H2,1H3,(H,26,31)(H,27,33)(H,28,32)/t15-,16-,17+,18-,19-/m0/s1. The van der Waals surface area contributed by atoms with Gasteiger partial charge in [-0.15, -0.1) is 0 Å². The number of esters is 1. The highest BCUT2D eigenvalue weighted by Gasteiger charge is 2.39. The predicted octanol–water partition coefficient (Wildman–Crippen LogP) is -1.52. The lowest BCUT2D eigenvalue weighted by Crippen LogP contribution is -2.56. The van der Waals surface area contributed by atoms with Gasteiger partial charge in [0.2, 0.25) is 23.6 Å². The zero-order valence-electron chi connectivity index (χ0n) is 20.1. The van der Waals surface area contributed by atoms with Gasteiger partial charge in [0.25, 0.3) is 0 Å². The summed E-state index contributed by atoms with van der Waals surface area (Å²) in [6, 6.07) is 3.57. The summed E-state index contributed by atoms with van der Waals surface area (Å²) in [5.74, 6) is -3.14. The van der Waals surface area contributed by atoms with Gasteiger partial charge in [0.1, 0.15) is 30.8 Å². The number of aliphatic hydroxyl groups is 1. The molecule has 2 aliphatic rings. The van der Waals surface area contributed by atoms with Gasteiger partial charge in [-0.25, -0.2) is 4.79 Å². The van der Waals surface area contributed by atoms with Gasteiger partial charge in [0.15, 0.2) is 0 Å². The molecule has 12 nitrogen and oxygen atoms in total. The molecule has 1 aromatic carbocycles. The van der Waals surface area contributed by atoms with E-state index in [1.54, 1.807) is 37.3 Å². The predicted molar refractivity (Wildman–Crippen MR) is 127 cm³/mol.